The number of ether oxygens (including phenoxy) is 1. The fourth-order valence-corrected chi connectivity index (χ4v) is 6.88. The van der Waals surface area contributed by atoms with Gasteiger partial charge in [-0.1, -0.05) is 37.3 Å². The van der Waals surface area contributed by atoms with Crippen LogP contribution in [0.5, 0.6) is 6.01 Å². The molecule has 1 aliphatic carbocycles. The number of aromatic nitrogens is 2. The van der Waals surface area contributed by atoms with Gasteiger partial charge >= 0.3 is 12.2 Å². The van der Waals surface area contributed by atoms with Crippen molar-refractivity contribution in [2.24, 2.45) is 5.41 Å². The minimum absolute atomic E-state index is 0.134. The normalized spacial score (nSPS) is 19.0. The molecule has 0 bridgehead atoms. The van der Waals surface area contributed by atoms with Crippen molar-refractivity contribution in [1.82, 2.24) is 19.8 Å². The summed E-state index contributed by atoms with van der Waals surface area (Å²) < 4.78 is 45.8. The van der Waals surface area contributed by atoms with Crippen molar-refractivity contribution in [2.45, 2.75) is 51.7 Å². The van der Waals surface area contributed by atoms with E-state index in [2.05, 4.69) is 72.1 Å². The standard InChI is InChI=1S/C33H43F3N6O/c1-4-24-8-5-9-25-10-6-11-28(29(24)25)42-17-12-26-27(20-42)37-31(43-23-32(13-14-32)21-39(2)3)38-30(26)41-16-7-15-40(18-19-41)22-33(34,35)36/h5-6,8-11H,4,7,12-23H2,1-3H3. The number of fused-ring (bicyclic) bond motifs is 2. The Balaban J connectivity index is 1.31. The van der Waals surface area contributed by atoms with Crippen molar-refractivity contribution in [3.63, 3.8) is 0 Å². The summed E-state index contributed by atoms with van der Waals surface area (Å²) in [7, 11) is 4.17. The number of hydrogen-bond acceptors (Lipinski definition) is 7. The Kier molecular flexibility index (Phi) is 8.43. The van der Waals surface area contributed by atoms with Gasteiger partial charge in [-0.05, 0) is 63.2 Å². The Morgan fingerprint density at radius 2 is 1.74 bits per heavy atom. The van der Waals surface area contributed by atoms with Crippen LogP contribution in [0.3, 0.4) is 0 Å². The predicted octanol–water partition coefficient (Wildman–Crippen LogP) is 5.55. The summed E-state index contributed by atoms with van der Waals surface area (Å²) in [5.74, 6) is 0.832. The minimum Gasteiger partial charge on any atom is -0.463 e. The first-order valence-electron chi connectivity index (χ1n) is 15.6. The van der Waals surface area contributed by atoms with Crippen molar-refractivity contribution in [2.75, 3.05) is 76.3 Å². The summed E-state index contributed by atoms with van der Waals surface area (Å²) >= 11 is 0. The number of rotatable bonds is 9. The largest absolute Gasteiger partial charge is 0.463 e. The summed E-state index contributed by atoms with van der Waals surface area (Å²) in [4.78, 5) is 18.2. The van der Waals surface area contributed by atoms with Crippen molar-refractivity contribution < 1.29 is 17.9 Å². The average Bonchev–Trinajstić information content (AvgIpc) is 3.77. The molecule has 7 nitrogen and oxygen atoms in total. The molecule has 6 rings (SSSR count). The van der Waals surface area contributed by atoms with Gasteiger partial charge in [0.1, 0.15) is 5.82 Å². The maximum absolute atomic E-state index is 13.2. The van der Waals surface area contributed by atoms with E-state index in [0.717, 1.165) is 55.8 Å². The second-order valence-electron chi connectivity index (χ2n) is 12.8. The zero-order valence-corrected chi connectivity index (χ0v) is 25.6. The lowest BCUT2D eigenvalue weighted by molar-refractivity contribution is -0.145. The maximum Gasteiger partial charge on any atom is 0.401 e. The van der Waals surface area contributed by atoms with Crippen molar-refractivity contribution in [3.05, 3.63) is 53.2 Å². The Hall–Kier alpha value is -3.11. The van der Waals surface area contributed by atoms with E-state index in [4.69, 9.17) is 14.7 Å². The smallest absolute Gasteiger partial charge is 0.401 e. The summed E-state index contributed by atoms with van der Waals surface area (Å²) in [6.07, 6.45) is 0.426. The third-order valence-electron chi connectivity index (χ3n) is 9.12. The van der Waals surface area contributed by atoms with Crippen molar-refractivity contribution in [1.29, 1.82) is 0 Å². The van der Waals surface area contributed by atoms with Crippen LogP contribution in [0.15, 0.2) is 36.4 Å². The molecule has 0 radical (unpaired) electrons. The molecule has 0 amide bonds. The molecule has 1 saturated carbocycles. The van der Waals surface area contributed by atoms with Gasteiger partial charge < -0.3 is 19.4 Å². The molecule has 3 aliphatic rings. The van der Waals surface area contributed by atoms with Gasteiger partial charge in [0.25, 0.3) is 0 Å². The SMILES string of the molecule is CCc1cccc2cccc(N3CCc4c(nc(OCC5(CN(C)C)CC5)nc4N4CCCN(CC(F)(F)F)CC4)C3)c12. The van der Waals surface area contributed by atoms with Crippen LogP contribution in [0.25, 0.3) is 10.8 Å². The van der Waals surface area contributed by atoms with Gasteiger partial charge in [-0.25, -0.2) is 0 Å². The van der Waals surface area contributed by atoms with Crippen LogP contribution in [-0.2, 0) is 19.4 Å². The molecule has 1 saturated heterocycles. The highest BCUT2D eigenvalue weighted by Gasteiger charge is 2.44. The van der Waals surface area contributed by atoms with Gasteiger partial charge in [-0.3, -0.25) is 4.90 Å². The van der Waals surface area contributed by atoms with Gasteiger partial charge in [0.05, 0.1) is 25.4 Å². The molecule has 2 aromatic carbocycles. The lowest BCUT2D eigenvalue weighted by atomic mass is 9.98. The molecule has 43 heavy (non-hydrogen) atoms. The zero-order chi connectivity index (χ0) is 30.2. The first-order chi connectivity index (χ1) is 20.6. The fraction of sp³-hybridized carbons (Fsp3) is 0.576. The highest BCUT2D eigenvalue weighted by Crippen LogP contribution is 2.46. The van der Waals surface area contributed by atoms with E-state index in [9.17, 15) is 13.2 Å². The zero-order valence-electron chi connectivity index (χ0n) is 25.6. The molecule has 2 aliphatic heterocycles. The van der Waals surface area contributed by atoms with E-state index in [-0.39, 0.29) is 5.41 Å². The highest BCUT2D eigenvalue weighted by molar-refractivity contribution is 5.97. The Bertz CT molecular complexity index is 1430. The Morgan fingerprint density at radius 1 is 0.953 bits per heavy atom. The van der Waals surface area contributed by atoms with Crippen molar-refractivity contribution >= 4 is 22.3 Å². The molecule has 10 heteroatoms. The van der Waals surface area contributed by atoms with Gasteiger partial charge in [0.15, 0.2) is 0 Å². The molecule has 2 fully saturated rings. The summed E-state index contributed by atoms with van der Waals surface area (Å²) in [6, 6.07) is 13.4. The number of alkyl halides is 3. The number of aryl methyl sites for hydroxylation is 1. The molecule has 0 spiro atoms. The van der Waals surface area contributed by atoms with Crippen LogP contribution < -0.4 is 14.5 Å². The number of nitrogens with zero attached hydrogens (tertiary/aromatic N) is 6. The van der Waals surface area contributed by atoms with Gasteiger partial charge in [0.2, 0.25) is 0 Å². The van der Waals surface area contributed by atoms with Crippen LogP contribution >= 0.6 is 0 Å². The quantitative estimate of drug-likeness (QED) is 0.321. The van der Waals surface area contributed by atoms with E-state index >= 15 is 0 Å². The number of hydrogen-bond donors (Lipinski definition) is 0. The minimum atomic E-state index is -4.20. The number of anilines is 2. The van der Waals surface area contributed by atoms with Crippen LogP contribution in [-0.4, -0.2) is 92.5 Å². The van der Waals surface area contributed by atoms with Crippen LogP contribution in [0.4, 0.5) is 24.7 Å². The molecule has 3 aromatic rings. The molecule has 0 unspecified atom stereocenters. The summed E-state index contributed by atoms with van der Waals surface area (Å²) in [5.41, 5.74) is 4.72. The van der Waals surface area contributed by atoms with E-state index in [0.29, 0.717) is 51.8 Å². The van der Waals surface area contributed by atoms with E-state index in [1.165, 1.54) is 26.9 Å². The second kappa shape index (κ2) is 12.1. The highest BCUT2D eigenvalue weighted by atomic mass is 19.4. The van der Waals surface area contributed by atoms with E-state index in [1.807, 2.05) is 0 Å². The third kappa shape index (κ3) is 6.85. The monoisotopic (exact) mass is 596 g/mol. The molecule has 232 valence electrons. The van der Waals surface area contributed by atoms with Crippen LogP contribution in [0, 0.1) is 5.41 Å². The first-order valence-corrected chi connectivity index (χ1v) is 15.6. The molecule has 1 aromatic heterocycles. The Labute approximate surface area is 252 Å². The summed E-state index contributed by atoms with van der Waals surface area (Å²) in [5, 5.41) is 2.52. The van der Waals surface area contributed by atoms with Crippen molar-refractivity contribution in [3.8, 4) is 6.01 Å². The molecular weight excluding hydrogens is 553 g/mol. The number of benzene rings is 2. The summed E-state index contributed by atoms with van der Waals surface area (Å²) in [6.45, 7) is 6.24. The fourth-order valence-electron chi connectivity index (χ4n) is 6.88. The molecule has 3 heterocycles. The van der Waals surface area contributed by atoms with E-state index in [1.54, 1.807) is 0 Å². The average molecular weight is 597 g/mol. The Morgan fingerprint density at radius 3 is 2.47 bits per heavy atom. The molecule has 0 N–H and O–H groups in total. The predicted molar refractivity (Wildman–Crippen MR) is 165 cm³/mol. The van der Waals surface area contributed by atoms with E-state index < -0.39 is 12.7 Å². The van der Waals surface area contributed by atoms with Gasteiger partial charge in [0, 0.05) is 61.3 Å². The topological polar surface area (TPSA) is 48.0 Å². The molecular formula is C33H43F3N6O. The lowest BCUT2D eigenvalue weighted by Gasteiger charge is -2.34. The van der Waals surface area contributed by atoms with Crippen LogP contribution in [0.1, 0.15) is 43.0 Å². The number of halogens is 3. The lowest BCUT2D eigenvalue weighted by Crippen LogP contribution is -2.38. The second-order valence-corrected chi connectivity index (χ2v) is 12.8. The third-order valence-corrected chi connectivity index (χ3v) is 9.12. The first kappa shape index (κ1) is 29.9. The maximum atomic E-state index is 13.2. The molecule has 0 atom stereocenters. The van der Waals surface area contributed by atoms with Gasteiger partial charge in [-0.2, -0.15) is 23.1 Å². The van der Waals surface area contributed by atoms with Crippen LogP contribution in [0.2, 0.25) is 0 Å². The van der Waals surface area contributed by atoms with Gasteiger partial charge in [-0.15, -0.1) is 0 Å².